The quantitative estimate of drug-likeness (QED) is 0.574. The van der Waals surface area contributed by atoms with Crippen molar-refractivity contribution in [1.29, 1.82) is 0 Å². The Kier molecular flexibility index (Phi) is 5.99. The molecule has 1 amide bonds. The highest BCUT2D eigenvalue weighted by Gasteiger charge is 2.29. The van der Waals surface area contributed by atoms with E-state index in [-0.39, 0.29) is 17.9 Å². The second kappa shape index (κ2) is 8.29. The van der Waals surface area contributed by atoms with Gasteiger partial charge in [0, 0.05) is 23.9 Å². The van der Waals surface area contributed by atoms with E-state index >= 15 is 0 Å². The Labute approximate surface area is 177 Å². The van der Waals surface area contributed by atoms with E-state index in [9.17, 15) is 4.79 Å². The van der Waals surface area contributed by atoms with E-state index < -0.39 is 0 Å². The fraction of sp³-hybridized carbons (Fsp3) is 0.304. The van der Waals surface area contributed by atoms with Gasteiger partial charge in [0.25, 0.3) is 0 Å². The highest BCUT2D eigenvalue weighted by Crippen LogP contribution is 2.40. The van der Waals surface area contributed by atoms with Gasteiger partial charge in [0.2, 0.25) is 5.91 Å². The van der Waals surface area contributed by atoms with Gasteiger partial charge in [-0.15, -0.1) is 0 Å². The summed E-state index contributed by atoms with van der Waals surface area (Å²) in [4.78, 5) is 14.3. The monoisotopic (exact) mass is 411 g/mol. The van der Waals surface area contributed by atoms with Gasteiger partial charge in [0.15, 0.2) is 0 Å². The number of anilines is 1. The number of carbonyl (C=O) groups excluding carboxylic acids is 1. The number of hydrogen-bond donors (Lipinski definition) is 1. The lowest BCUT2D eigenvalue weighted by Gasteiger charge is -2.40. The number of allylic oxidation sites excluding steroid dienone is 1. The molecular formula is C23H26ClN3O2. The number of benzene rings is 2. The molecule has 0 aliphatic carbocycles. The van der Waals surface area contributed by atoms with Crippen molar-refractivity contribution >= 4 is 35.0 Å². The molecule has 6 heteroatoms. The first kappa shape index (κ1) is 20.9. The van der Waals surface area contributed by atoms with E-state index in [1.54, 1.807) is 13.3 Å². The Morgan fingerprint density at radius 1 is 1.28 bits per heavy atom. The van der Waals surface area contributed by atoms with Crippen LogP contribution in [0.2, 0.25) is 5.02 Å². The normalized spacial score (nSPS) is 15.1. The summed E-state index contributed by atoms with van der Waals surface area (Å²) >= 11 is 6.48. The van der Waals surface area contributed by atoms with Gasteiger partial charge in [-0.05, 0) is 56.2 Å². The molecule has 2 aromatic rings. The van der Waals surface area contributed by atoms with Crippen LogP contribution in [0.5, 0.6) is 5.75 Å². The maximum atomic E-state index is 12.1. The van der Waals surface area contributed by atoms with Crippen molar-refractivity contribution in [3.8, 4) is 5.75 Å². The predicted octanol–water partition coefficient (Wildman–Crippen LogP) is 4.67. The van der Waals surface area contributed by atoms with Crippen molar-refractivity contribution in [3.63, 3.8) is 0 Å². The first-order valence-electron chi connectivity index (χ1n) is 9.43. The lowest BCUT2D eigenvalue weighted by molar-refractivity contribution is -0.120. The van der Waals surface area contributed by atoms with Crippen molar-refractivity contribution in [2.75, 3.05) is 19.1 Å². The van der Waals surface area contributed by atoms with Gasteiger partial charge in [0.1, 0.15) is 5.75 Å². The zero-order chi connectivity index (χ0) is 21.2. The third-order valence-corrected chi connectivity index (χ3v) is 5.58. The van der Waals surface area contributed by atoms with Crippen LogP contribution in [-0.2, 0) is 11.2 Å². The van der Waals surface area contributed by atoms with Crippen LogP contribution < -0.4 is 15.1 Å². The molecule has 0 spiro atoms. The number of fused-ring (bicyclic) bond motifs is 1. The summed E-state index contributed by atoms with van der Waals surface area (Å²) in [5, 5.41) is 4.68. The molecule has 1 heterocycles. The summed E-state index contributed by atoms with van der Waals surface area (Å²) < 4.78 is 5.12. The van der Waals surface area contributed by atoms with Crippen molar-refractivity contribution in [2.24, 2.45) is 5.10 Å². The number of likely N-dealkylation sites (N-methyl/N-ethyl adjacent to an activating group) is 1. The minimum Gasteiger partial charge on any atom is -0.497 e. The summed E-state index contributed by atoms with van der Waals surface area (Å²) in [5.74, 6) is 0.561. The Balaban J connectivity index is 1.71. The molecule has 3 rings (SSSR count). The summed E-state index contributed by atoms with van der Waals surface area (Å²) in [7, 11) is 3.67. The van der Waals surface area contributed by atoms with Gasteiger partial charge in [-0.1, -0.05) is 29.8 Å². The van der Waals surface area contributed by atoms with Gasteiger partial charge in [-0.2, -0.15) is 5.10 Å². The van der Waals surface area contributed by atoms with Gasteiger partial charge in [-0.25, -0.2) is 5.43 Å². The number of nitrogens with one attached hydrogen (secondary N) is 1. The van der Waals surface area contributed by atoms with Crippen molar-refractivity contribution in [3.05, 3.63) is 64.2 Å². The molecule has 0 atom stereocenters. The standard InChI is InChI=1S/C23H26ClN3O2/c1-15-13-23(2,3)27(4)21-12-20(24)17(11-19(15)21)14-25-26-22(28)10-16-6-8-18(29-5)9-7-16/h6-9,11-14H,10H2,1-5H3,(H,26,28)/b25-14+. The Bertz CT molecular complexity index is 978. The van der Waals surface area contributed by atoms with E-state index in [1.165, 1.54) is 5.57 Å². The molecule has 29 heavy (non-hydrogen) atoms. The smallest absolute Gasteiger partial charge is 0.244 e. The van der Waals surface area contributed by atoms with E-state index in [4.69, 9.17) is 16.3 Å². The molecule has 152 valence electrons. The number of hydrazone groups is 1. The number of carbonyl (C=O) groups is 1. The highest BCUT2D eigenvalue weighted by molar-refractivity contribution is 6.33. The number of ether oxygens (including phenoxy) is 1. The fourth-order valence-corrected chi connectivity index (χ4v) is 3.64. The average Bonchev–Trinajstić information content (AvgIpc) is 2.67. The van der Waals surface area contributed by atoms with Crippen LogP contribution >= 0.6 is 11.6 Å². The molecule has 0 unspecified atom stereocenters. The molecule has 0 fully saturated rings. The molecule has 1 N–H and O–H groups in total. The minimum absolute atomic E-state index is 0.0779. The van der Waals surface area contributed by atoms with Gasteiger partial charge >= 0.3 is 0 Å². The minimum atomic E-state index is -0.196. The molecule has 0 saturated carbocycles. The zero-order valence-corrected chi connectivity index (χ0v) is 18.2. The SMILES string of the molecule is COc1ccc(CC(=O)N/N=C/c2cc3c(cc2Cl)N(C)C(C)(C)C=C3C)cc1. The zero-order valence-electron chi connectivity index (χ0n) is 17.4. The van der Waals surface area contributed by atoms with E-state index in [1.807, 2.05) is 36.4 Å². The maximum absolute atomic E-state index is 12.1. The van der Waals surface area contributed by atoms with Crippen molar-refractivity contribution < 1.29 is 9.53 Å². The Hall–Kier alpha value is -2.79. The van der Waals surface area contributed by atoms with Gasteiger partial charge < -0.3 is 9.64 Å². The number of nitrogens with zero attached hydrogens (tertiary/aromatic N) is 2. The van der Waals surface area contributed by atoms with Crippen LogP contribution in [0.1, 0.15) is 37.5 Å². The fourth-order valence-electron chi connectivity index (χ4n) is 3.43. The van der Waals surface area contributed by atoms with Crippen molar-refractivity contribution in [2.45, 2.75) is 32.7 Å². The topological polar surface area (TPSA) is 53.9 Å². The first-order valence-corrected chi connectivity index (χ1v) is 9.81. The number of halogens is 1. The molecule has 0 radical (unpaired) electrons. The molecule has 0 saturated heterocycles. The van der Waals surface area contributed by atoms with Crippen LogP contribution in [0.3, 0.4) is 0 Å². The van der Waals surface area contributed by atoms with E-state index in [0.717, 1.165) is 28.1 Å². The third kappa shape index (κ3) is 4.62. The van der Waals surface area contributed by atoms with Gasteiger partial charge in [-0.3, -0.25) is 4.79 Å². The molecule has 0 aromatic heterocycles. The average molecular weight is 412 g/mol. The van der Waals surface area contributed by atoms with E-state index in [2.05, 4.69) is 49.3 Å². The summed E-state index contributed by atoms with van der Waals surface area (Å²) in [6.07, 6.45) is 4.06. The number of rotatable bonds is 5. The molecule has 2 aromatic carbocycles. The summed E-state index contributed by atoms with van der Waals surface area (Å²) in [6.45, 7) is 6.43. The highest BCUT2D eigenvalue weighted by atomic mass is 35.5. The first-order chi connectivity index (χ1) is 13.7. The second-order valence-corrected chi connectivity index (χ2v) is 8.16. The summed E-state index contributed by atoms with van der Waals surface area (Å²) in [5.41, 5.74) is 7.52. The van der Waals surface area contributed by atoms with Crippen LogP contribution in [-0.4, -0.2) is 31.8 Å². The Morgan fingerprint density at radius 2 is 1.97 bits per heavy atom. The largest absolute Gasteiger partial charge is 0.497 e. The lowest BCUT2D eigenvalue weighted by atomic mass is 9.88. The maximum Gasteiger partial charge on any atom is 0.244 e. The van der Waals surface area contributed by atoms with Crippen LogP contribution in [0.4, 0.5) is 5.69 Å². The predicted molar refractivity (Wildman–Crippen MR) is 120 cm³/mol. The van der Waals surface area contributed by atoms with Crippen LogP contribution in [0.15, 0.2) is 47.6 Å². The molecule has 1 aliphatic heterocycles. The number of amides is 1. The third-order valence-electron chi connectivity index (χ3n) is 5.25. The molecule has 5 nitrogen and oxygen atoms in total. The van der Waals surface area contributed by atoms with Crippen LogP contribution in [0, 0.1) is 0 Å². The van der Waals surface area contributed by atoms with Gasteiger partial charge in [0.05, 0.1) is 30.3 Å². The van der Waals surface area contributed by atoms with E-state index in [0.29, 0.717) is 5.02 Å². The van der Waals surface area contributed by atoms with Crippen LogP contribution in [0.25, 0.3) is 5.57 Å². The number of hydrogen-bond acceptors (Lipinski definition) is 4. The lowest BCUT2D eigenvalue weighted by Crippen LogP contribution is -2.42. The molecular weight excluding hydrogens is 386 g/mol. The second-order valence-electron chi connectivity index (χ2n) is 7.75. The Morgan fingerprint density at radius 3 is 2.62 bits per heavy atom. The molecule has 0 bridgehead atoms. The van der Waals surface area contributed by atoms with Crippen molar-refractivity contribution in [1.82, 2.24) is 5.43 Å². The summed E-state index contributed by atoms with van der Waals surface area (Å²) in [6, 6.07) is 11.3. The number of methoxy groups -OCH3 is 1. The molecule has 1 aliphatic rings.